The Bertz CT molecular complexity index is 4080. The normalized spacial score (nSPS) is 11.7. The molecule has 0 aliphatic heterocycles. The summed E-state index contributed by atoms with van der Waals surface area (Å²) in [4.78, 5) is 95.0. The molecule has 19 nitrogen and oxygen atoms in total. The summed E-state index contributed by atoms with van der Waals surface area (Å²) in [7, 11) is 2.78. The summed E-state index contributed by atoms with van der Waals surface area (Å²) in [5, 5.41) is 19.5. The molecule has 0 saturated carbocycles. The van der Waals surface area contributed by atoms with Gasteiger partial charge in [-0.3, -0.25) is 32.9 Å². The average molecular weight is 1100 g/mol. The molecule has 0 radical (unpaired) electrons. The predicted octanol–water partition coefficient (Wildman–Crippen LogP) is 6.13. The summed E-state index contributed by atoms with van der Waals surface area (Å²) < 4.78 is 132. The van der Waals surface area contributed by atoms with Crippen LogP contribution >= 0.6 is 34.6 Å². The highest BCUT2D eigenvalue weighted by molar-refractivity contribution is 7.14. The van der Waals surface area contributed by atoms with Gasteiger partial charge in [-0.2, -0.15) is 52.6 Å². The number of aliphatic hydroxyl groups excluding tert-OH is 1. The maximum Gasteiger partial charge on any atom is 0.431 e. The van der Waals surface area contributed by atoms with Gasteiger partial charge in [-0.25, -0.2) is 32.9 Å². The van der Waals surface area contributed by atoms with Crippen LogP contribution in [0.4, 0.5) is 39.5 Å². The lowest BCUT2D eigenvalue weighted by Crippen LogP contribution is -2.40. The molecule has 0 fully saturated rings. The fourth-order valence-electron chi connectivity index (χ4n) is 7.02. The minimum atomic E-state index is -4.86. The van der Waals surface area contributed by atoms with Crippen LogP contribution in [0.2, 0.25) is 0 Å². The van der Waals surface area contributed by atoms with Crippen molar-refractivity contribution in [2.45, 2.75) is 32.6 Å². The largest absolute Gasteiger partial charge is 0.476 e. The summed E-state index contributed by atoms with van der Waals surface area (Å²) in [6.45, 7) is -0.330. The number of aromatic carboxylic acids is 1. The van der Waals surface area contributed by atoms with Crippen LogP contribution in [0.25, 0.3) is 47.3 Å². The van der Waals surface area contributed by atoms with E-state index in [0.29, 0.717) is 77.8 Å². The number of halogens is 9. The summed E-state index contributed by atoms with van der Waals surface area (Å²) in [6, 6.07) is 13.9. The molecule has 74 heavy (non-hydrogen) atoms. The number of benzene rings is 3. The van der Waals surface area contributed by atoms with Gasteiger partial charge in [0.15, 0.2) is 12.0 Å². The maximum absolute atomic E-state index is 12.9. The van der Waals surface area contributed by atoms with Crippen molar-refractivity contribution >= 4 is 77.1 Å². The molecule has 388 valence electrons. The first-order valence-corrected chi connectivity index (χ1v) is 22.1. The highest BCUT2D eigenvalue weighted by atomic mass is 32.1. The Morgan fingerprint density at radius 1 is 0.541 bits per heavy atom. The van der Waals surface area contributed by atoms with E-state index in [1.807, 2.05) is 0 Å². The van der Waals surface area contributed by atoms with Crippen molar-refractivity contribution in [2.75, 3.05) is 0 Å². The molecule has 0 spiro atoms. The van der Waals surface area contributed by atoms with E-state index in [0.717, 1.165) is 60.4 Å². The van der Waals surface area contributed by atoms with E-state index in [1.54, 1.807) is 12.1 Å². The number of aliphatic hydroxyl groups is 1. The molecule has 0 unspecified atom stereocenters. The Morgan fingerprint density at radius 3 is 1.24 bits per heavy atom. The second-order valence-electron chi connectivity index (χ2n) is 15.0. The van der Waals surface area contributed by atoms with Crippen LogP contribution in [0.1, 0.15) is 51.2 Å². The number of carboxylic acid groups (broad SMARTS) is 1. The molecule has 0 bridgehead atoms. The third-order valence-corrected chi connectivity index (χ3v) is 13.1. The third-order valence-electron chi connectivity index (χ3n) is 10.5. The molecule has 9 aromatic rings. The van der Waals surface area contributed by atoms with Gasteiger partial charge in [0.25, 0.3) is 16.7 Å². The van der Waals surface area contributed by atoms with Gasteiger partial charge >= 0.3 is 41.6 Å². The standard InChI is InChI=1S/C14H8F3N3O4S.C14H10F3N3O3S.C14H8F3N3O3S.CH4/c1-19-9(14(15,16)17)5-10(21)20(13(19)24)6-2-3-8-7(4-6)11(12(22)23)18-25-8;2*1-19-11(14(15,16)17)5-12(22)20(13(19)23)7-2-3-10-8(4-7)9(6-21)18-24-10;/h2-5H,1H3,(H,22,23);2-5,21H,6H2,1H3;2-6H,1H3;1H4. The minimum absolute atomic E-state index is 0. The Kier molecular flexibility index (Phi) is 15.2. The molecule has 31 heteroatoms. The highest BCUT2D eigenvalue weighted by Crippen LogP contribution is 2.31. The first kappa shape index (κ1) is 55.2. The van der Waals surface area contributed by atoms with Gasteiger partial charge in [0, 0.05) is 55.5 Å². The van der Waals surface area contributed by atoms with Crippen molar-refractivity contribution < 1.29 is 59.3 Å². The number of aromatic nitrogens is 9. The lowest BCUT2D eigenvalue weighted by atomic mass is 10.2. The number of hydrogen-bond acceptors (Lipinski definition) is 15. The molecule has 2 N–H and O–H groups in total. The van der Waals surface area contributed by atoms with Crippen LogP contribution in [-0.2, 0) is 46.3 Å². The summed E-state index contributed by atoms with van der Waals surface area (Å²) in [5.74, 6) is -1.30. The molecule has 6 heterocycles. The zero-order chi connectivity index (χ0) is 53.8. The Labute approximate surface area is 415 Å². The van der Waals surface area contributed by atoms with E-state index in [9.17, 15) is 83.0 Å². The van der Waals surface area contributed by atoms with Crippen molar-refractivity contribution in [3.05, 3.63) is 169 Å². The van der Waals surface area contributed by atoms with Crippen molar-refractivity contribution in [1.82, 2.24) is 40.5 Å². The molecule has 0 saturated heterocycles. The Morgan fingerprint density at radius 2 is 0.878 bits per heavy atom. The highest BCUT2D eigenvalue weighted by Gasteiger charge is 2.37. The molecular formula is C43H30F9N9O10S3. The Balaban J connectivity index is 0.000000180. The van der Waals surface area contributed by atoms with E-state index in [1.165, 1.54) is 42.5 Å². The van der Waals surface area contributed by atoms with Gasteiger partial charge in [0.05, 0.1) is 43.5 Å². The fraction of sp³-hybridized carbons (Fsp3) is 0.186. The molecule has 3 aromatic carbocycles. The smallest absolute Gasteiger partial charge is 0.431 e. The molecule has 0 aliphatic carbocycles. The van der Waals surface area contributed by atoms with Crippen LogP contribution in [0, 0.1) is 0 Å². The first-order chi connectivity index (χ1) is 34.1. The molecular weight excluding hydrogens is 1070 g/mol. The van der Waals surface area contributed by atoms with Crippen LogP contribution in [0.3, 0.4) is 0 Å². The summed E-state index contributed by atoms with van der Waals surface area (Å²) in [6.07, 6.45) is -14.0. The van der Waals surface area contributed by atoms with Crippen molar-refractivity contribution in [3.63, 3.8) is 0 Å². The topological polar surface area (TPSA) is 245 Å². The van der Waals surface area contributed by atoms with Crippen LogP contribution < -0.4 is 33.7 Å². The van der Waals surface area contributed by atoms with Crippen LogP contribution in [0.5, 0.6) is 0 Å². The lowest BCUT2D eigenvalue weighted by Gasteiger charge is -2.13. The predicted molar refractivity (Wildman–Crippen MR) is 251 cm³/mol. The number of alkyl halides is 9. The van der Waals surface area contributed by atoms with Crippen molar-refractivity contribution in [3.8, 4) is 17.1 Å². The number of nitrogens with zero attached hydrogens (tertiary/aromatic N) is 9. The zero-order valence-corrected chi connectivity index (χ0v) is 39.0. The third kappa shape index (κ3) is 10.4. The number of aldehydes is 1. The van der Waals surface area contributed by atoms with E-state index < -0.39 is 75.3 Å². The van der Waals surface area contributed by atoms with Gasteiger partial charge < -0.3 is 10.2 Å². The lowest BCUT2D eigenvalue weighted by molar-refractivity contribution is -0.144. The molecule has 0 atom stereocenters. The first-order valence-electron chi connectivity index (χ1n) is 19.8. The number of carbonyl (C=O) groups excluding carboxylic acids is 1. The van der Waals surface area contributed by atoms with Gasteiger partial charge in [0.2, 0.25) is 0 Å². The number of hydrogen-bond donors (Lipinski definition) is 2. The van der Waals surface area contributed by atoms with Gasteiger partial charge in [-0.15, -0.1) is 0 Å². The minimum Gasteiger partial charge on any atom is -0.476 e. The fourth-order valence-corrected chi connectivity index (χ4v) is 9.27. The molecule has 0 amide bonds. The second kappa shape index (κ2) is 20.4. The van der Waals surface area contributed by atoms with Gasteiger partial charge in [-0.1, -0.05) is 7.43 Å². The summed E-state index contributed by atoms with van der Waals surface area (Å²) >= 11 is 3.10. The number of carboxylic acids is 1. The zero-order valence-electron chi connectivity index (χ0n) is 36.5. The number of carbonyl (C=O) groups is 2. The van der Waals surface area contributed by atoms with E-state index in [-0.39, 0.29) is 47.9 Å². The molecule has 0 aliphatic rings. The Hall–Kier alpha value is -8.16. The van der Waals surface area contributed by atoms with Crippen molar-refractivity contribution in [1.29, 1.82) is 0 Å². The van der Waals surface area contributed by atoms with Crippen LogP contribution in [-0.4, -0.2) is 63.0 Å². The van der Waals surface area contributed by atoms with E-state index in [4.69, 9.17) is 5.11 Å². The van der Waals surface area contributed by atoms with E-state index >= 15 is 0 Å². The van der Waals surface area contributed by atoms with Crippen LogP contribution in [0.15, 0.2) is 102 Å². The monoisotopic (exact) mass is 1100 g/mol. The van der Waals surface area contributed by atoms with Gasteiger partial charge in [-0.05, 0) is 89.2 Å². The molecule has 9 rings (SSSR count). The maximum atomic E-state index is 12.9. The number of fused-ring (bicyclic) bond motifs is 3. The SMILES string of the molecule is C.Cn1c(C(F)(F)F)cc(=O)n(-c2ccc3snc(C(=O)O)c3c2)c1=O.Cn1c(C(F)(F)F)cc(=O)n(-c2ccc3snc(C=O)c3c2)c1=O.Cn1c(C(F)(F)F)cc(=O)n(-c2ccc3snc(CO)c3c2)c1=O. The van der Waals surface area contributed by atoms with E-state index in [2.05, 4.69) is 13.1 Å². The second-order valence-corrected chi connectivity index (χ2v) is 17.4. The quantitative estimate of drug-likeness (QED) is 0.141. The van der Waals surface area contributed by atoms with Crippen molar-refractivity contribution in [2.24, 2.45) is 21.1 Å². The summed E-state index contributed by atoms with van der Waals surface area (Å²) in [5.41, 5.74) is -10.5. The average Bonchev–Trinajstić information content (AvgIpc) is 4.06. The number of rotatable bonds is 6. The van der Waals surface area contributed by atoms with Gasteiger partial charge in [0.1, 0.15) is 22.8 Å². The molecule has 6 aromatic heterocycles.